The van der Waals surface area contributed by atoms with Gasteiger partial charge in [-0.1, -0.05) is 12.1 Å². The Balaban J connectivity index is 1.82. The van der Waals surface area contributed by atoms with Gasteiger partial charge in [0.05, 0.1) is 19.8 Å². The first-order valence-corrected chi connectivity index (χ1v) is 9.59. The van der Waals surface area contributed by atoms with E-state index >= 15 is 0 Å². The summed E-state index contributed by atoms with van der Waals surface area (Å²) in [5, 5.41) is 8.82. The SMILES string of the molecule is CCOc1cc(C(=O)N2CCCC2c2ccc(OC)cc2)ccc1OCC(=O)O. The van der Waals surface area contributed by atoms with Gasteiger partial charge in [-0.05, 0) is 55.7 Å². The van der Waals surface area contributed by atoms with Gasteiger partial charge < -0.3 is 24.2 Å². The van der Waals surface area contributed by atoms with E-state index in [2.05, 4.69) is 0 Å². The standard InChI is InChI=1S/C22H25NO6/c1-3-28-20-13-16(8-11-19(20)29-14-21(24)25)22(26)23-12-4-5-18(23)15-6-9-17(27-2)10-7-15/h6-11,13,18H,3-5,12,14H2,1-2H3,(H,24,25). The number of rotatable bonds is 8. The second-order valence-corrected chi connectivity index (χ2v) is 6.71. The number of nitrogens with zero attached hydrogens (tertiary/aromatic N) is 1. The second-order valence-electron chi connectivity index (χ2n) is 6.71. The summed E-state index contributed by atoms with van der Waals surface area (Å²) >= 11 is 0. The highest BCUT2D eigenvalue weighted by atomic mass is 16.5. The Morgan fingerprint density at radius 1 is 1.10 bits per heavy atom. The number of aliphatic carboxylic acids is 1. The van der Waals surface area contributed by atoms with Crippen LogP contribution in [-0.4, -0.2) is 48.8 Å². The molecule has 0 spiro atoms. The van der Waals surface area contributed by atoms with Gasteiger partial charge in [-0.15, -0.1) is 0 Å². The zero-order chi connectivity index (χ0) is 20.8. The molecule has 1 amide bonds. The van der Waals surface area contributed by atoms with Crippen molar-refractivity contribution in [2.75, 3.05) is 26.9 Å². The maximum Gasteiger partial charge on any atom is 0.341 e. The fourth-order valence-electron chi connectivity index (χ4n) is 3.52. The highest BCUT2D eigenvalue weighted by molar-refractivity contribution is 5.95. The van der Waals surface area contributed by atoms with E-state index in [0.29, 0.717) is 30.2 Å². The molecule has 1 saturated heterocycles. The van der Waals surface area contributed by atoms with Crippen LogP contribution >= 0.6 is 0 Å². The quantitative estimate of drug-likeness (QED) is 0.731. The Bertz CT molecular complexity index is 864. The van der Waals surface area contributed by atoms with Gasteiger partial charge in [-0.3, -0.25) is 4.79 Å². The number of hydrogen-bond donors (Lipinski definition) is 1. The lowest BCUT2D eigenvalue weighted by Gasteiger charge is -2.25. The normalized spacial score (nSPS) is 15.8. The molecule has 3 rings (SSSR count). The minimum absolute atomic E-state index is 0.00638. The van der Waals surface area contributed by atoms with Crippen LogP contribution in [0.25, 0.3) is 0 Å². The first-order valence-electron chi connectivity index (χ1n) is 9.59. The van der Waals surface area contributed by atoms with Gasteiger partial charge >= 0.3 is 5.97 Å². The van der Waals surface area contributed by atoms with Crippen molar-refractivity contribution in [2.24, 2.45) is 0 Å². The molecule has 1 fully saturated rings. The van der Waals surface area contributed by atoms with Crippen molar-refractivity contribution in [3.63, 3.8) is 0 Å². The third-order valence-corrected chi connectivity index (χ3v) is 4.86. The summed E-state index contributed by atoms with van der Waals surface area (Å²) in [5.74, 6) is 0.280. The summed E-state index contributed by atoms with van der Waals surface area (Å²) in [6, 6.07) is 12.6. The summed E-state index contributed by atoms with van der Waals surface area (Å²) in [6.07, 6.45) is 1.83. The first kappa shape index (κ1) is 20.5. The molecular formula is C22H25NO6. The van der Waals surface area contributed by atoms with Crippen molar-refractivity contribution in [2.45, 2.75) is 25.8 Å². The molecule has 2 aromatic carbocycles. The summed E-state index contributed by atoms with van der Waals surface area (Å²) in [5.41, 5.74) is 1.56. The maximum absolute atomic E-state index is 13.2. The predicted molar refractivity (Wildman–Crippen MR) is 107 cm³/mol. The van der Waals surface area contributed by atoms with E-state index in [4.69, 9.17) is 19.3 Å². The third-order valence-electron chi connectivity index (χ3n) is 4.86. The summed E-state index contributed by atoms with van der Waals surface area (Å²) in [6.45, 7) is 2.39. The molecule has 1 aliphatic rings. The van der Waals surface area contributed by atoms with Gasteiger partial charge in [0, 0.05) is 12.1 Å². The van der Waals surface area contributed by atoms with Crippen molar-refractivity contribution in [3.05, 3.63) is 53.6 Å². The molecule has 0 radical (unpaired) electrons. The van der Waals surface area contributed by atoms with E-state index in [9.17, 15) is 9.59 Å². The number of carboxylic acids is 1. The molecule has 154 valence electrons. The lowest BCUT2D eigenvalue weighted by atomic mass is 10.0. The van der Waals surface area contributed by atoms with Crippen LogP contribution in [0.5, 0.6) is 17.2 Å². The number of hydrogen-bond acceptors (Lipinski definition) is 5. The lowest BCUT2D eigenvalue weighted by molar-refractivity contribution is -0.139. The minimum Gasteiger partial charge on any atom is -0.497 e. The summed E-state index contributed by atoms with van der Waals surface area (Å²) < 4.78 is 16.0. The molecule has 29 heavy (non-hydrogen) atoms. The van der Waals surface area contributed by atoms with Crippen LogP contribution in [0.1, 0.15) is 41.7 Å². The molecule has 0 aromatic heterocycles. The number of likely N-dealkylation sites (tertiary alicyclic amines) is 1. The molecule has 7 heteroatoms. The fourth-order valence-corrected chi connectivity index (χ4v) is 3.52. The van der Waals surface area contributed by atoms with Crippen LogP contribution in [0.3, 0.4) is 0 Å². The molecule has 1 atom stereocenters. The van der Waals surface area contributed by atoms with E-state index in [0.717, 1.165) is 24.2 Å². The summed E-state index contributed by atoms with van der Waals surface area (Å²) in [4.78, 5) is 25.8. The van der Waals surface area contributed by atoms with Gasteiger partial charge in [0.25, 0.3) is 5.91 Å². The highest BCUT2D eigenvalue weighted by Crippen LogP contribution is 2.35. The van der Waals surface area contributed by atoms with Crippen molar-refractivity contribution in [3.8, 4) is 17.2 Å². The van der Waals surface area contributed by atoms with Crippen molar-refractivity contribution in [1.29, 1.82) is 0 Å². The molecule has 7 nitrogen and oxygen atoms in total. The Morgan fingerprint density at radius 3 is 2.52 bits per heavy atom. The van der Waals surface area contributed by atoms with Crippen LogP contribution in [0.15, 0.2) is 42.5 Å². The molecule has 0 bridgehead atoms. The number of benzene rings is 2. The number of amides is 1. The maximum atomic E-state index is 13.2. The Kier molecular flexibility index (Phi) is 6.59. The van der Waals surface area contributed by atoms with Gasteiger partial charge in [0.2, 0.25) is 0 Å². The van der Waals surface area contributed by atoms with Gasteiger partial charge in [-0.25, -0.2) is 4.79 Å². The predicted octanol–water partition coefficient (Wildman–Crippen LogP) is 3.53. The molecule has 1 aliphatic heterocycles. The van der Waals surface area contributed by atoms with Crippen LogP contribution in [0, 0.1) is 0 Å². The molecule has 1 N–H and O–H groups in total. The van der Waals surface area contributed by atoms with Crippen LogP contribution in [0.2, 0.25) is 0 Å². The average molecular weight is 399 g/mol. The van der Waals surface area contributed by atoms with E-state index in [1.54, 1.807) is 25.3 Å². The number of carbonyl (C=O) groups excluding carboxylic acids is 1. The average Bonchev–Trinajstić information content (AvgIpc) is 3.22. The molecule has 2 aromatic rings. The molecule has 0 aliphatic carbocycles. The number of carbonyl (C=O) groups is 2. The summed E-state index contributed by atoms with van der Waals surface area (Å²) in [7, 11) is 1.63. The topological polar surface area (TPSA) is 85.3 Å². The van der Waals surface area contributed by atoms with E-state index in [1.807, 2.05) is 36.1 Å². The van der Waals surface area contributed by atoms with Crippen LogP contribution in [-0.2, 0) is 4.79 Å². The molecule has 1 heterocycles. The van der Waals surface area contributed by atoms with Crippen molar-refractivity contribution >= 4 is 11.9 Å². The van der Waals surface area contributed by atoms with Crippen LogP contribution < -0.4 is 14.2 Å². The van der Waals surface area contributed by atoms with Crippen molar-refractivity contribution in [1.82, 2.24) is 4.90 Å². The van der Waals surface area contributed by atoms with Gasteiger partial charge in [0.1, 0.15) is 5.75 Å². The lowest BCUT2D eigenvalue weighted by Crippen LogP contribution is -2.30. The highest BCUT2D eigenvalue weighted by Gasteiger charge is 2.31. The smallest absolute Gasteiger partial charge is 0.341 e. The fraction of sp³-hybridized carbons (Fsp3) is 0.364. The zero-order valence-electron chi connectivity index (χ0n) is 16.6. The number of ether oxygens (including phenoxy) is 3. The third kappa shape index (κ3) is 4.80. The van der Waals surface area contributed by atoms with Gasteiger partial charge in [-0.2, -0.15) is 0 Å². The molecular weight excluding hydrogens is 374 g/mol. The monoisotopic (exact) mass is 399 g/mol. The number of methoxy groups -OCH3 is 1. The first-order chi connectivity index (χ1) is 14.0. The van der Waals surface area contributed by atoms with Crippen LogP contribution in [0.4, 0.5) is 0 Å². The largest absolute Gasteiger partial charge is 0.497 e. The van der Waals surface area contributed by atoms with Crippen molar-refractivity contribution < 1.29 is 28.9 Å². The second kappa shape index (κ2) is 9.32. The molecule has 1 unspecified atom stereocenters. The minimum atomic E-state index is -1.08. The Morgan fingerprint density at radius 2 is 1.86 bits per heavy atom. The number of carboxylic acid groups (broad SMARTS) is 1. The van der Waals surface area contributed by atoms with E-state index in [-0.39, 0.29) is 11.9 Å². The zero-order valence-corrected chi connectivity index (χ0v) is 16.6. The van der Waals surface area contributed by atoms with Gasteiger partial charge in [0.15, 0.2) is 18.1 Å². The Labute approximate surface area is 169 Å². The Hall–Kier alpha value is -3.22. The molecule has 0 saturated carbocycles. The van der Waals surface area contributed by atoms with E-state index in [1.165, 1.54) is 0 Å². The van der Waals surface area contributed by atoms with E-state index < -0.39 is 12.6 Å².